The highest BCUT2D eigenvalue weighted by atomic mass is 32.2. The lowest BCUT2D eigenvalue weighted by Crippen LogP contribution is -2.39. The molecule has 2 aliphatic heterocycles. The van der Waals surface area contributed by atoms with E-state index in [0.29, 0.717) is 61.3 Å². The van der Waals surface area contributed by atoms with Gasteiger partial charge in [-0.3, -0.25) is 19.5 Å². The van der Waals surface area contributed by atoms with Crippen molar-refractivity contribution in [2.45, 2.75) is 35.2 Å². The summed E-state index contributed by atoms with van der Waals surface area (Å²) in [5.41, 5.74) is 2.92. The highest BCUT2D eigenvalue weighted by Gasteiger charge is 2.26. The Bertz CT molecular complexity index is 2540. The molecule has 0 saturated carbocycles. The molecular weight excluding hydrogens is 794 g/mol. The molecule has 5 heterocycles. The van der Waals surface area contributed by atoms with Gasteiger partial charge >= 0.3 is 0 Å². The Hall–Kier alpha value is -5.88. The molecule has 2 aliphatic rings. The predicted molar refractivity (Wildman–Crippen MR) is 224 cm³/mol. The monoisotopic (exact) mass is 835 g/mol. The number of nitrogens with one attached hydrogen (secondary N) is 3. The molecule has 2 amide bonds. The number of carbonyl (C=O) groups is 2. The molecule has 0 bridgehead atoms. The van der Waals surface area contributed by atoms with E-state index in [1.807, 2.05) is 47.4 Å². The first-order valence-electron chi connectivity index (χ1n) is 19.2. The molecule has 6 aromatic rings. The number of thioether (sulfide) groups is 1. The van der Waals surface area contributed by atoms with Gasteiger partial charge in [-0.1, -0.05) is 36.4 Å². The van der Waals surface area contributed by atoms with Crippen molar-refractivity contribution in [3.05, 3.63) is 138 Å². The zero-order valence-corrected chi connectivity index (χ0v) is 33.6. The average Bonchev–Trinajstić information content (AvgIpc) is 3.67. The van der Waals surface area contributed by atoms with Gasteiger partial charge in [-0.25, -0.2) is 27.5 Å². The summed E-state index contributed by atoms with van der Waals surface area (Å²) < 4.78 is 51.8. The number of hydrogen-bond donors (Lipinski definition) is 3. The number of halogens is 1. The van der Waals surface area contributed by atoms with E-state index in [-0.39, 0.29) is 23.3 Å². The molecule has 3 N–H and O–H groups in total. The topological polar surface area (TPSA) is 163 Å². The number of pyridine rings is 1. The normalized spacial score (nSPS) is 15.0. The van der Waals surface area contributed by atoms with Crippen LogP contribution >= 0.6 is 11.8 Å². The van der Waals surface area contributed by atoms with Gasteiger partial charge in [0.1, 0.15) is 17.3 Å². The quantitative estimate of drug-likeness (QED) is 0.119. The van der Waals surface area contributed by atoms with Crippen molar-refractivity contribution < 1.29 is 27.1 Å². The molecule has 0 radical (unpaired) electrons. The van der Waals surface area contributed by atoms with E-state index in [1.54, 1.807) is 59.1 Å². The lowest BCUT2D eigenvalue weighted by Gasteiger charge is -2.31. The van der Waals surface area contributed by atoms with E-state index in [1.165, 1.54) is 18.2 Å². The van der Waals surface area contributed by atoms with Gasteiger partial charge < -0.3 is 24.7 Å². The van der Waals surface area contributed by atoms with Crippen LogP contribution in [0.5, 0.6) is 0 Å². The zero-order chi connectivity index (χ0) is 40.8. The number of morpholine rings is 1. The molecule has 59 heavy (non-hydrogen) atoms. The molecule has 3 aromatic carbocycles. The second-order valence-corrected chi connectivity index (χ2v) is 17.0. The summed E-state index contributed by atoms with van der Waals surface area (Å²) in [5, 5.41) is 6.17. The molecular formula is C42H42FN9O5S2. The maximum absolute atomic E-state index is 15.6. The van der Waals surface area contributed by atoms with Crippen molar-refractivity contribution >= 4 is 56.6 Å². The molecule has 17 heteroatoms. The van der Waals surface area contributed by atoms with Crippen LogP contribution in [-0.4, -0.2) is 95.7 Å². The Labute approximate surface area is 345 Å². The van der Waals surface area contributed by atoms with Crippen molar-refractivity contribution in [1.29, 1.82) is 0 Å². The third kappa shape index (κ3) is 9.71. The predicted octanol–water partition coefficient (Wildman–Crippen LogP) is 5.49. The SMILES string of the molecule is O=C(NS(=O)(=O)c1ccc(N[C@H](CCN2CCOCC2)CSc2ccccc2)c(F)c1)c1cccc(N2CCc3cccc(C(=O)Nc4cn5ccncc5n4)c3C2)n1. The van der Waals surface area contributed by atoms with E-state index < -0.39 is 26.6 Å². The molecule has 1 fully saturated rings. The maximum atomic E-state index is 15.6. The first-order valence-corrected chi connectivity index (χ1v) is 21.7. The van der Waals surface area contributed by atoms with Crippen LogP contribution in [0.4, 0.5) is 21.7 Å². The van der Waals surface area contributed by atoms with Crippen LogP contribution in [0, 0.1) is 5.82 Å². The molecule has 1 saturated heterocycles. The first-order chi connectivity index (χ1) is 28.7. The van der Waals surface area contributed by atoms with Crippen LogP contribution in [0.25, 0.3) is 5.65 Å². The number of ether oxygens (including phenoxy) is 1. The van der Waals surface area contributed by atoms with E-state index in [0.717, 1.165) is 48.1 Å². The highest BCUT2D eigenvalue weighted by molar-refractivity contribution is 7.99. The van der Waals surface area contributed by atoms with E-state index >= 15 is 4.39 Å². The second-order valence-electron chi connectivity index (χ2n) is 14.2. The van der Waals surface area contributed by atoms with E-state index in [4.69, 9.17) is 4.74 Å². The smallest absolute Gasteiger partial charge is 0.283 e. The minimum atomic E-state index is -4.47. The Morgan fingerprint density at radius 1 is 0.932 bits per heavy atom. The van der Waals surface area contributed by atoms with Crippen LogP contribution in [0.1, 0.15) is 38.4 Å². The summed E-state index contributed by atoms with van der Waals surface area (Å²) in [6.45, 7) is 4.71. The molecule has 14 nitrogen and oxygen atoms in total. The molecule has 3 aromatic heterocycles. The third-order valence-corrected chi connectivity index (χ3v) is 12.7. The van der Waals surface area contributed by atoms with Gasteiger partial charge in [0.05, 0.1) is 36.2 Å². The lowest BCUT2D eigenvalue weighted by molar-refractivity contribution is 0.0370. The minimum Gasteiger partial charge on any atom is -0.379 e. The number of hydrogen-bond acceptors (Lipinski definition) is 12. The van der Waals surface area contributed by atoms with Gasteiger partial charge in [0.2, 0.25) is 0 Å². The van der Waals surface area contributed by atoms with Crippen LogP contribution in [0.3, 0.4) is 0 Å². The number of benzene rings is 3. The number of aromatic nitrogens is 4. The van der Waals surface area contributed by atoms with Crippen molar-refractivity contribution in [1.82, 2.24) is 29.0 Å². The van der Waals surface area contributed by atoms with Crippen molar-refractivity contribution in [3.8, 4) is 0 Å². The standard InChI is InChI=1S/C42H42FN9O5S2/c43-35-24-32(12-13-36(35)45-30(15-17-50-20-22-57-23-21-50)28-58-31-7-2-1-3-8-31)59(55,56)49-42(54)37-10-5-11-39(46-37)51-18-14-29-6-4-9-33(34(29)26-51)41(53)48-38-27-52-19-16-44-25-40(52)47-38/h1-13,16,19,24-25,27,30,45H,14-15,17-18,20-23,26,28H2,(H,48,53)(H,49,54)/t30-/m1/s1. The Morgan fingerprint density at radius 2 is 1.76 bits per heavy atom. The summed E-state index contributed by atoms with van der Waals surface area (Å²) >= 11 is 1.66. The van der Waals surface area contributed by atoms with Crippen molar-refractivity contribution in [2.24, 2.45) is 0 Å². The molecule has 0 spiro atoms. The number of nitrogens with zero attached hydrogens (tertiary/aromatic N) is 6. The summed E-state index contributed by atoms with van der Waals surface area (Å²) in [5.74, 6) is -0.558. The fourth-order valence-corrected chi connectivity index (χ4v) is 9.07. The van der Waals surface area contributed by atoms with Crippen LogP contribution in [0.15, 0.2) is 120 Å². The summed E-state index contributed by atoms with van der Waals surface area (Å²) in [6.07, 6.45) is 8.03. The number of imidazole rings is 1. The highest BCUT2D eigenvalue weighted by Crippen LogP contribution is 2.28. The summed E-state index contributed by atoms with van der Waals surface area (Å²) in [6, 6.07) is 23.7. The van der Waals surface area contributed by atoms with Crippen molar-refractivity contribution in [2.75, 3.05) is 60.7 Å². The molecule has 8 rings (SSSR count). The lowest BCUT2D eigenvalue weighted by atomic mass is 9.94. The van der Waals surface area contributed by atoms with Gasteiger partial charge in [-0.15, -0.1) is 11.8 Å². The molecule has 1 atom stereocenters. The average molecular weight is 836 g/mol. The number of fused-ring (bicyclic) bond motifs is 2. The maximum Gasteiger partial charge on any atom is 0.283 e. The Morgan fingerprint density at radius 3 is 2.58 bits per heavy atom. The molecule has 0 aliphatic carbocycles. The van der Waals surface area contributed by atoms with E-state index in [9.17, 15) is 18.0 Å². The van der Waals surface area contributed by atoms with Crippen molar-refractivity contribution in [3.63, 3.8) is 0 Å². The number of rotatable bonds is 14. The fourth-order valence-electron chi connectivity index (χ4n) is 7.11. The zero-order valence-electron chi connectivity index (χ0n) is 32.0. The largest absolute Gasteiger partial charge is 0.379 e. The van der Waals surface area contributed by atoms with Gasteiger partial charge in [-0.2, -0.15) is 0 Å². The second kappa shape index (κ2) is 17.9. The first kappa shape index (κ1) is 39.9. The van der Waals surface area contributed by atoms with Crippen LogP contribution in [0.2, 0.25) is 0 Å². The minimum absolute atomic E-state index is 0.114. The summed E-state index contributed by atoms with van der Waals surface area (Å²) in [4.78, 5) is 44.8. The number of amides is 2. The Kier molecular flexibility index (Phi) is 12.1. The van der Waals surface area contributed by atoms with Gasteiger partial charge in [-0.05, 0) is 72.5 Å². The molecule has 304 valence electrons. The third-order valence-electron chi connectivity index (χ3n) is 10.2. The number of sulfonamides is 1. The van der Waals surface area contributed by atoms with Gasteiger partial charge in [0.25, 0.3) is 21.8 Å². The number of carbonyl (C=O) groups excluding carboxylic acids is 2. The van der Waals surface area contributed by atoms with Crippen LogP contribution in [-0.2, 0) is 27.7 Å². The molecule has 0 unspecified atom stereocenters. The van der Waals surface area contributed by atoms with Gasteiger partial charge in [0, 0.05) is 67.4 Å². The summed E-state index contributed by atoms with van der Waals surface area (Å²) in [7, 11) is -4.47. The number of anilines is 3. The fraction of sp³-hybridized carbons (Fsp3) is 0.262. The Balaban J connectivity index is 0.922. The van der Waals surface area contributed by atoms with Crippen LogP contribution < -0.4 is 20.3 Å². The van der Waals surface area contributed by atoms with Gasteiger partial charge in [0.15, 0.2) is 11.5 Å². The van der Waals surface area contributed by atoms with E-state index in [2.05, 4.69) is 35.2 Å².